The Bertz CT molecular complexity index is 1320. The summed E-state index contributed by atoms with van der Waals surface area (Å²) in [6.45, 7) is 0. The first-order valence-corrected chi connectivity index (χ1v) is 8.97. The normalized spacial score (nSPS) is 11.8. The highest BCUT2D eigenvalue weighted by Gasteiger charge is 2.35. The molecule has 9 heteroatoms. The van der Waals surface area contributed by atoms with Gasteiger partial charge in [-0.25, -0.2) is 0 Å². The number of nitrogens with one attached hydrogen (secondary N) is 2. The molecule has 30 heavy (non-hydrogen) atoms. The minimum atomic E-state index is -4.52. The van der Waals surface area contributed by atoms with Gasteiger partial charge in [-0.1, -0.05) is 30.3 Å². The Morgan fingerprint density at radius 2 is 1.53 bits per heavy atom. The summed E-state index contributed by atoms with van der Waals surface area (Å²) in [5.41, 5.74) is 3.64. The average molecular weight is 406 g/mol. The van der Waals surface area contributed by atoms with Crippen molar-refractivity contribution in [1.29, 1.82) is 0 Å². The summed E-state index contributed by atoms with van der Waals surface area (Å²) in [6.07, 6.45) is -0.0175. The summed E-state index contributed by atoms with van der Waals surface area (Å²) in [7, 11) is 0. The first-order valence-electron chi connectivity index (χ1n) is 8.97. The molecule has 2 N–H and O–H groups in total. The topological polar surface area (TPSA) is 83.1 Å². The van der Waals surface area contributed by atoms with E-state index < -0.39 is 11.9 Å². The van der Waals surface area contributed by atoms with Crippen LogP contribution in [0.3, 0.4) is 0 Å². The molecule has 148 valence electrons. The molecule has 3 heterocycles. The molecule has 0 spiro atoms. The van der Waals surface area contributed by atoms with Crippen molar-refractivity contribution < 1.29 is 13.2 Å². The van der Waals surface area contributed by atoms with Crippen molar-refractivity contribution in [2.24, 2.45) is 0 Å². The van der Waals surface area contributed by atoms with E-state index in [2.05, 4.69) is 30.6 Å². The van der Waals surface area contributed by atoms with Gasteiger partial charge in [-0.2, -0.15) is 33.7 Å². The van der Waals surface area contributed by atoms with E-state index in [9.17, 15) is 13.2 Å². The average Bonchev–Trinajstić information content (AvgIpc) is 3.45. The molecule has 0 amide bonds. The Kier molecular flexibility index (Phi) is 4.09. The molecule has 0 bridgehead atoms. The van der Waals surface area contributed by atoms with E-state index in [1.807, 2.05) is 30.3 Å². The van der Waals surface area contributed by atoms with Gasteiger partial charge in [-0.05, 0) is 34.9 Å². The van der Waals surface area contributed by atoms with Crippen molar-refractivity contribution in [2.75, 3.05) is 0 Å². The number of fused-ring (bicyclic) bond motifs is 1. The molecule has 0 saturated carbocycles. The second kappa shape index (κ2) is 6.80. The van der Waals surface area contributed by atoms with E-state index in [0.29, 0.717) is 11.1 Å². The van der Waals surface area contributed by atoms with Crippen LogP contribution in [0.15, 0.2) is 67.1 Å². The number of hydrogen-bond donors (Lipinski definition) is 2. The van der Waals surface area contributed by atoms with Crippen molar-refractivity contribution in [3.05, 3.63) is 72.8 Å². The van der Waals surface area contributed by atoms with Gasteiger partial charge in [0.2, 0.25) is 0 Å². The lowest BCUT2D eigenvalue weighted by Crippen LogP contribution is -2.07. The van der Waals surface area contributed by atoms with Gasteiger partial charge in [0, 0.05) is 22.7 Å². The lowest BCUT2D eigenvalue weighted by atomic mass is 9.96. The van der Waals surface area contributed by atoms with Crippen LogP contribution in [0.4, 0.5) is 13.2 Å². The third-order valence-electron chi connectivity index (χ3n) is 4.88. The maximum Gasteiger partial charge on any atom is 0.433 e. The van der Waals surface area contributed by atoms with Crippen LogP contribution in [0.5, 0.6) is 0 Å². The van der Waals surface area contributed by atoms with Crippen LogP contribution < -0.4 is 0 Å². The highest BCUT2D eigenvalue weighted by Crippen LogP contribution is 2.37. The molecule has 0 aliphatic carbocycles. The van der Waals surface area contributed by atoms with E-state index in [1.165, 1.54) is 6.20 Å². The van der Waals surface area contributed by atoms with Gasteiger partial charge in [0.1, 0.15) is 11.4 Å². The van der Waals surface area contributed by atoms with Gasteiger partial charge in [-0.15, -0.1) is 0 Å². The van der Waals surface area contributed by atoms with E-state index in [4.69, 9.17) is 0 Å². The first kappa shape index (κ1) is 18.0. The minimum absolute atomic E-state index is 0.000540. The molecule has 0 radical (unpaired) electrons. The number of H-pyrrole nitrogens is 2. The van der Waals surface area contributed by atoms with Crippen LogP contribution in [0.25, 0.3) is 44.4 Å². The molecule has 0 aliphatic rings. The lowest BCUT2D eigenvalue weighted by molar-refractivity contribution is -0.140. The second-order valence-corrected chi connectivity index (χ2v) is 6.68. The Hall–Kier alpha value is -4.01. The summed E-state index contributed by atoms with van der Waals surface area (Å²) in [6, 6.07) is 14.6. The lowest BCUT2D eigenvalue weighted by Gasteiger charge is -2.10. The van der Waals surface area contributed by atoms with Crippen molar-refractivity contribution in [3.63, 3.8) is 0 Å². The predicted octanol–water partition coefficient (Wildman–Crippen LogP) is 5.10. The Morgan fingerprint density at radius 1 is 0.767 bits per heavy atom. The highest BCUT2D eigenvalue weighted by atomic mass is 19.4. The van der Waals surface area contributed by atoms with Crippen LogP contribution in [-0.2, 0) is 6.18 Å². The summed E-state index contributed by atoms with van der Waals surface area (Å²) in [5.74, 6) is 0. The summed E-state index contributed by atoms with van der Waals surface area (Å²) in [4.78, 5) is 4.35. The molecule has 0 saturated heterocycles. The largest absolute Gasteiger partial charge is 0.433 e. The number of hydrogen-bond acceptors (Lipinski definition) is 4. The Balaban J connectivity index is 1.62. The molecular formula is C21H13F3N6. The molecule has 5 rings (SSSR count). The molecule has 3 aromatic heterocycles. The van der Waals surface area contributed by atoms with Crippen LogP contribution in [-0.4, -0.2) is 30.6 Å². The zero-order valence-corrected chi connectivity index (χ0v) is 15.3. The number of nitrogens with zero attached hydrogens (tertiary/aromatic N) is 4. The molecule has 6 nitrogen and oxygen atoms in total. The molecule has 0 aliphatic heterocycles. The third-order valence-corrected chi connectivity index (χ3v) is 4.88. The number of rotatable bonds is 3. The number of pyridine rings is 1. The summed E-state index contributed by atoms with van der Waals surface area (Å²) < 4.78 is 39.9. The van der Waals surface area contributed by atoms with E-state index in [0.717, 1.165) is 27.8 Å². The quantitative estimate of drug-likeness (QED) is 0.437. The van der Waals surface area contributed by atoms with Crippen molar-refractivity contribution in [2.45, 2.75) is 6.18 Å². The Morgan fingerprint density at radius 3 is 2.27 bits per heavy atom. The van der Waals surface area contributed by atoms with Crippen molar-refractivity contribution in [1.82, 2.24) is 30.6 Å². The third kappa shape index (κ3) is 3.10. The van der Waals surface area contributed by atoms with Gasteiger partial charge in [0.05, 0.1) is 17.9 Å². The Labute approximate surface area is 167 Å². The van der Waals surface area contributed by atoms with Crippen molar-refractivity contribution >= 4 is 10.9 Å². The van der Waals surface area contributed by atoms with Crippen LogP contribution >= 0.6 is 0 Å². The molecule has 0 atom stereocenters. The van der Waals surface area contributed by atoms with Crippen LogP contribution in [0, 0.1) is 0 Å². The highest BCUT2D eigenvalue weighted by molar-refractivity contribution is 5.97. The second-order valence-electron chi connectivity index (χ2n) is 6.68. The predicted molar refractivity (Wildman–Crippen MR) is 105 cm³/mol. The van der Waals surface area contributed by atoms with E-state index in [-0.39, 0.29) is 5.56 Å². The van der Waals surface area contributed by atoms with Gasteiger partial charge in [0.15, 0.2) is 0 Å². The fourth-order valence-electron chi connectivity index (χ4n) is 3.45. The molecule has 5 aromatic rings. The molecule has 0 unspecified atom stereocenters. The van der Waals surface area contributed by atoms with Crippen LogP contribution in [0.1, 0.15) is 5.69 Å². The maximum atomic E-state index is 13.3. The standard InChI is InChI=1S/C21H13F3N6/c22-21(23,24)20-17(10-26-29-20)14-5-6-18-16(9-14)15(7-8-25-18)12-1-3-13(4-2-12)19-11-27-30-28-19/h1-11H,(H,26,29)(H,27,28,30). The molecular weight excluding hydrogens is 393 g/mol. The zero-order valence-electron chi connectivity index (χ0n) is 15.3. The van der Waals surface area contributed by atoms with E-state index in [1.54, 1.807) is 30.6 Å². The fraction of sp³-hybridized carbons (Fsp3) is 0.0476. The SMILES string of the molecule is FC(F)(F)c1[nH]ncc1-c1ccc2nccc(-c3ccc(-c4cn[nH]n4)cc3)c2c1. The van der Waals surface area contributed by atoms with Crippen molar-refractivity contribution in [3.8, 4) is 33.5 Å². The zero-order chi connectivity index (χ0) is 20.7. The smallest absolute Gasteiger partial charge is 0.273 e. The van der Waals surface area contributed by atoms with Gasteiger partial charge < -0.3 is 0 Å². The van der Waals surface area contributed by atoms with Gasteiger partial charge >= 0.3 is 6.18 Å². The minimum Gasteiger partial charge on any atom is -0.273 e. The number of halogens is 3. The fourth-order valence-corrected chi connectivity index (χ4v) is 3.45. The maximum absolute atomic E-state index is 13.3. The monoisotopic (exact) mass is 406 g/mol. The number of benzene rings is 2. The van der Waals surface area contributed by atoms with Gasteiger partial charge in [-0.3, -0.25) is 10.1 Å². The summed E-state index contributed by atoms with van der Waals surface area (Å²) >= 11 is 0. The number of aromatic amines is 2. The summed E-state index contributed by atoms with van der Waals surface area (Å²) in [5, 5.41) is 16.8. The molecule has 0 fully saturated rings. The first-order chi connectivity index (χ1) is 14.5. The number of aromatic nitrogens is 6. The number of alkyl halides is 3. The van der Waals surface area contributed by atoms with E-state index >= 15 is 0 Å². The molecule has 2 aromatic carbocycles. The van der Waals surface area contributed by atoms with Crippen LogP contribution in [0.2, 0.25) is 0 Å². The van der Waals surface area contributed by atoms with Gasteiger partial charge in [0.25, 0.3) is 0 Å².